The highest BCUT2D eigenvalue weighted by atomic mass is 32.1. The van der Waals surface area contributed by atoms with Gasteiger partial charge in [-0.25, -0.2) is 5.06 Å². The maximum atomic E-state index is 9.45. The van der Waals surface area contributed by atoms with Crippen molar-refractivity contribution in [2.24, 2.45) is 5.73 Å². The van der Waals surface area contributed by atoms with E-state index in [2.05, 4.69) is 35.3 Å². The number of hydroxylamine groups is 2. The number of nitrogens with two attached hydrogens (primary N) is 1. The van der Waals surface area contributed by atoms with Gasteiger partial charge in [0.2, 0.25) is 0 Å². The van der Waals surface area contributed by atoms with Gasteiger partial charge in [0, 0.05) is 24.9 Å². The van der Waals surface area contributed by atoms with Crippen molar-refractivity contribution in [3.05, 3.63) is 66.0 Å². The number of rotatable bonds is 8. The smallest absolute Gasteiger partial charge is 0.190 e. The number of unbranched alkanes of at least 4 members (excludes halogenated alkanes) is 2. The zero-order chi connectivity index (χ0) is 16.5. The summed E-state index contributed by atoms with van der Waals surface area (Å²) in [6.45, 7) is 0.484. The van der Waals surface area contributed by atoms with Crippen LogP contribution in [0.15, 0.2) is 54.9 Å². The lowest BCUT2D eigenvalue weighted by molar-refractivity contribution is -0.0142. The molecule has 1 heterocycles. The summed E-state index contributed by atoms with van der Waals surface area (Å²) in [5.41, 5.74) is 7.91. The Morgan fingerprint density at radius 2 is 1.83 bits per heavy atom. The Balaban J connectivity index is 1.91. The molecule has 122 valence electrons. The van der Waals surface area contributed by atoms with E-state index >= 15 is 0 Å². The lowest BCUT2D eigenvalue weighted by Crippen LogP contribution is -2.33. The molecule has 1 aromatic carbocycles. The van der Waals surface area contributed by atoms with Gasteiger partial charge in [0.05, 0.1) is 0 Å². The number of hydrogen-bond acceptors (Lipinski definition) is 3. The minimum absolute atomic E-state index is 0.0301. The molecule has 0 radical (unpaired) electrons. The van der Waals surface area contributed by atoms with Crippen molar-refractivity contribution in [3.8, 4) is 0 Å². The predicted molar refractivity (Wildman–Crippen MR) is 96.3 cm³/mol. The summed E-state index contributed by atoms with van der Waals surface area (Å²) in [5, 5.41) is 10.4. The Kier molecular flexibility index (Phi) is 6.97. The second-order valence-corrected chi connectivity index (χ2v) is 5.98. The molecule has 1 unspecified atom stereocenters. The van der Waals surface area contributed by atoms with Gasteiger partial charge >= 0.3 is 0 Å². The topological polar surface area (TPSA) is 62.4 Å². The summed E-state index contributed by atoms with van der Waals surface area (Å²) in [5.74, 6) is 0.353. The molecule has 3 N–H and O–H groups in total. The fraction of sp³-hybridized carbons (Fsp3) is 0.333. The van der Waals surface area contributed by atoms with Crippen LogP contribution in [0, 0.1) is 0 Å². The molecule has 0 spiro atoms. The minimum Gasteiger partial charge on any atom is -0.374 e. The maximum Gasteiger partial charge on any atom is 0.190 e. The molecular formula is C18H23N3OS. The first kappa shape index (κ1) is 17.4. The van der Waals surface area contributed by atoms with Crippen molar-refractivity contribution in [3.63, 3.8) is 0 Å². The first-order chi connectivity index (χ1) is 11.2. The molecule has 0 fully saturated rings. The first-order valence-corrected chi connectivity index (χ1v) is 8.30. The van der Waals surface area contributed by atoms with Crippen LogP contribution < -0.4 is 5.73 Å². The van der Waals surface area contributed by atoms with Crippen molar-refractivity contribution >= 4 is 17.3 Å². The maximum absolute atomic E-state index is 9.45. The Hall–Kier alpha value is -1.98. The number of benzene rings is 1. The van der Waals surface area contributed by atoms with E-state index < -0.39 is 0 Å². The molecule has 0 aliphatic carbocycles. The van der Waals surface area contributed by atoms with Gasteiger partial charge in [0.15, 0.2) is 5.11 Å². The predicted octanol–water partition coefficient (Wildman–Crippen LogP) is 3.71. The third-order valence-electron chi connectivity index (χ3n) is 3.91. The Morgan fingerprint density at radius 3 is 2.48 bits per heavy atom. The second-order valence-electron chi connectivity index (χ2n) is 5.56. The molecule has 0 saturated carbocycles. The summed E-state index contributed by atoms with van der Waals surface area (Å²) in [4.78, 5) is 4.25. The lowest BCUT2D eigenvalue weighted by Gasteiger charge is -2.18. The normalized spacial score (nSPS) is 11.9. The molecule has 0 saturated heterocycles. The van der Waals surface area contributed by atoms with E-state index in [9.17, 15) is 5.21 Å². The fourth-order valence-electron chi connectivity index (χ4n) is 2.69. The molecule has 1 atom stereocenters. The zero-order valence-corrected chi connectivity index (χ0v) is 14.0. The van der Waals surface area contributed by atoms with Gasteiger partial charge in [-0.15, -0.1) is 0 Å². The van der Waals surface area contributed by atoms with Gasteiger partial charge < -0.3 is 5.73 Å². The Morgan fingerprint density at radius 1 is 1.09 bits per heavy atom. The molecular weight excluding hydrogens is 306 g/mol. The van der Waals surface area contributed by atoms with Crippen molar-refractivity contribution in [2.45, 2.75) is 31.6 Å². The highest BCUT2D eigenvalue weighted by Gasteiger charge is 2.13. The summed E-state index contributed by atoms with van der Waals surface area (Å²) in [7, 11) is 0. The second kappa shape index (κ2) is 9.22. The van der Waals surface area contributed by atoms with Gasteiger partial charge in [-0.3, -0.25) is 10.2 Å². The summed E-state index contributed by atoms with van der Waals surface area (Å²) < 4.78 is 0. The molecule has 0 bridgehead atoms. The van der Waals surface area contributed by atoms with E-state index in [0.29, 0.717) is 12.5 Å². The van der Waals surface area contributed by atoms with E-state index in [1.807, 2.05) is 18.3 Å². The van der Waals surface area contributed by atoms with Crippen molar-refractivity contribution < 1.29 is 5.21 Å². The van der Waals surface area contributed by atoms with Crippen LogP contribution in [0.5, 0.6) is 0 Å². The van der Waals surface area contributed by atoms with E-state index in [-0.39, 0.29) is 5.11 Å². The molecule has 23 heavy (non-hydrogen) atoms. The van der Waals surface area contributed by atoms with Crippen LogP contribution in [-0.4, -0.2) is 26.9 Å². The monoisotopic (exact) mass is 329 g/mol. The van der Waals surface area contributed by atoms with Crippen LogP contribution in [0.4, 0.5) is 0 Å². The van der Waals surface area contributed by atoms with Crippen molar-refractivity contribution in [1.29, 1.82) is 0 Å². The highest BCUT2D eigenvalue weighted by Crippen LogP contribution is 2.29. The molecule has 4 nitrogen and oxygen atoms in total. The molecule has 2 rings (SSSR count). The van der Waals surface area contributed by atoms with Crippen LogP contribution in [0.3, 0.4) is 0 Å². The van der Waals surface area contributed by atoms with E-state index in [0.717, 1.165) is 30.7 Å². The molecule has 1 aromatic heterocycles. The summed E-state index contributed by atoms with van der Waals surface area (Å²) in [6.07, 6.45) is 7.75. The van der Waals surface area contributed by atoms with Crippen LogP contribution in [0.1, 0.15) is 42.7 Å². The van der Waals surface area contributed by atoms with Crippen LogP contribution in [-0.2, 0) is 0 Å². The van der Waals surface area contributed by atoms with E-state index in [1.165, 1.54) is 11.1 Å². The van der Waals surface area contributed by atoms with Gasteiger partial charge in [0.25, 0.3) is 0 Å². The number of aromatic nitrogens is 1. The molecule has 0 amide bonds. The van der Waals surface area contributed by atoms with E-state index in [1.54, 1.807) is 6.20 Å². The van der Waals surface area contributed by atoms with Crippen LogP contribution in [0.25, 0.3) is 0 Å². The third-order valence-corrected chi connectivity index (χ3v) is 4.12. The fourth-order valence-corrected chi connectivity index (χ4v) is 2.78. The van der Waals surface area contributed by atoms with Crippen molar-refractivity contribution in [2.75, 3.05) is 6.54 Å². The molecule has 2 aromatic rings. The quantitative estimate of drug-likeness (QED) is 0.439. The van der Waals surface area contributed by atoms with Crippen LogP contribution >= 0.6 is 12.2 Å². The molecule has 0 aliphatic heterocycles. The highest BCUT2D eigenvalue weighted by molar-refractivity contribution is 7.80. The minimum atomic E-state index is 0.0301. The first-order valence-electron chi connectivity index (χ1n) is 7.89. The lowest BCUT2D eigenvalue weighted by atomic mass is 9.88. The van der Waals surface area contributed by atoms with Crippen molar-refractivity contribution in [1.82, 2.24) is 10.0 Å². The third kappa shape index (κ3) is 5.62. The van der Waals surface area contributed by atoms with Crippen LogP contribution in [0.2, 0.25) is 0 Å². The number of nitrogens with zero attached hydrogens (tertiary/aromatic N) is 2. The average Bonchev–Trinajstić information content (AvgIpc) is 2.59. The molecule has 0 aliphatic rings. The average molecular weight is 329 g/mol. The van der Waals surface area contributed by atoms with Gasteiger partial charge in [-0.1, -0.05) is 49.2 Å². The summed E-state index contributed by atoms with van der Waals surface area (Å²) >= 11 is 4.71. The van der Waals surface area contributed by atoms with Gasteiger partial charge in [0.1, 0.15) is 0 Å². The summed E-state index contributed by atoms with van der Waals surface area (Å²) in [6, 6.07) is 14.6. The standard InChI is InChI=1S/C18H23N3OS/c19-18(23)21(22)13-6-2-5-11-17(15-8-3-1-4-9-15)16-10-7-12-20-14-16/h1,3-4,7-10,12,14,17,22H,2,5-6,11,13H2,(H2,19,23). The Bertz CT molecular complexity index is 552. The van der Waals surface area contributed by atoms with Gasteiger partial charge in [-0.2, -0.15) is 0 Å². The number of thiocarbonyl (C=S) groups is 1. The SMILES string of the molecule is NC(=S)N(O)CCCCCC(c1ccccc1)c1cccnc1. The van der Waals surface area contributed by atoms with Gasteiger partial charge in [-0.05, 0) is 42.3 Å². The molecule has 5 heteroatoms. The zero-order valence-electron chi connectivity index (χ0n) is 13.1. The number of pyridine rings is 1. The number of hydrogen-bond donors (Lipinski definition) is 2. The largest absolute Gasteiger partial charge is 0.374 e. The Labute approximate surface area is 142 Å². The van der Waals surface area contributed by atoms with E-state index in [4.69, 9.17) is 18.0 Å².